The predicted octanol–water partition coefficient (Wildman–Crippen LogP) is 4.63. The van der Waals surface area contributed by atoms with E-state index in [2.05, 4.69) is 61.1 Å². The van der Waals surface area contributed by atoms with Crippen molar-refractivity contribution < 1.29 is 4.74 Å². The van der Waals surface area contributed by atoms with Crippen LogP contribution in [0.5, 0.6) is 5.75 Å². The van der Waals surface area contributed by atoms with Crippen molar-refractivity contribution >= 4 is 11.0 Å². The fraction of sp³-hybridized carbons (Fsp3) is 0.278. The molecule has 0 aliphatic rings. The molecule has 3 aromatic rings. The van der Waals surface area contributed by atoms with Crippen molar-refractivity contribution in [1.82, 2.24) is 9.97 Å². The third-order valence-electron chi connectivity index (χ3n) is 3.69. The molecule has 3 nitrogen and oxygen atoms in total. The molecule has 2 aromatic carbocycles. The van der Waals surface area contributed by atoms with E-state index in [9.17, 15) is 0 Å². The largest absolute Gasteiger partial charge is 0.483 e. The maximum absolute atomic E-state index is 6.08. The summed E-state index contributed by atoms with van der Waals surface area (Å²) in [4.78, 5) is 7.98. The Bertz CT molecular complexity index is 789. The normalized spacial score (nSPS) is 12.6. The molecular formula is C18H20N2O. The van der Waals surface area contributed by atoms with Crippen LogP contribution in [0.15, 0.2) is 36.4 Å². The van der Waals surface area contributed by atoms with Gasteiger partial charge >= 0.3 is 0 Å². The van der Waals surface area contributed by atoms with Crippen LogP contribution in [0.25, 0.3) is 11.0 Å². The number of aromatic nitrogens is 2. The van der Waals surface area contributed by atoms with E-state index in [-0.39, 0.29) is 6.10 Å². The lowest BCUT2D eigenvalue weighted by molar-refractivity contribution is 0.216. The number of nitrogens with zero attached hydrogens (tertiary/aromatic N) is 1. The van der Waals surface area contributed by atoms with Gasteiger partial charge in [0.2, 0.25) is 0 Å². The number of rotatable bonds is 3. The van der Waals surface area contributed by atoms with E-state index in [1.54, 1.807) is 0 Å². The average molecular weight is 280 g/mol. The number of H-pyrrole nitrogens is 1. The molecule has 1 aromatic heterocycles. The number of nitrogens with one attached hydrogen (secondary N) is 1. The molecule has 3 rings (SSSR count). The summed E-state index contributed by atoms with van der Waals surface area (Å²) in [7, 11) is 0. The van der Waals surface area contributed by atoms with E-state index in [0.29, 0.717) is 0 Å². The Morgan fingerprint density at radius 1 is 1.00 bits per heavy atom. The molecule has 0 saturated heterocycles. The summed E-state index contributed by atoms with van der Waals surface area (Å²) in [5, 5.41) is 0. The quantitative estimate of drug-likeness (QED) is 0.759. The van der Waals surface area contributed by atoms with Gasteiger partial charge in [-0.15, -0.1) is 0 Å². The third-order valence-corrected chi connectivity index (χ3v) is 3.69. The zero-order chi connectivity index (χ0) is 15.0. The van der Waals surface area contributed by atoms with Crippen LogP contribution < -0.4 is 4.74 Å². The number of aryl methyl sites for hydroxylation is 3. The molecule has 1 heterocycles. The molecule has 0 fully saturated rings. The van der Waals surface area contributed by atoms with E-state index < -0.39 is 0 Å². The van der Waals surface area contributed by atoms with E-state index in [4.69, 9.17) is 4.74 Å². The minimum Gasteiger partial charge on any atom is -0.483 e. The molecule has 0 spiro atoms. The fourth-order valence-corrected chi connectivity index (χ4v) is 2.42. The van der Waals surface area contributed by atoms with Crippen LogP contribution in [0.1, 0.15) is 35.5 Å². The molecule has 108 valence electrons. The second-order valence-corrected chi connectivity index (χ2v) is 5.67. The number of benzene rings is 2. The molecule has 1 atom stereocenters. The Balaban J connectivity index is 1.89. The molecule has 21 heavy (non-hydrogen) atoms. The SMILES string of the molecule is Cc1ccc(C)c(O[C@H](C)c2nc3ccc(C)cc3[nH]2)c1. The second-order valence-electron chi connectivity index (χ2n) is 5.67. The van der Waals surface area contributed by atoms with Gasteiger partial charge in [0.1, 0.15) is 11.6 Å². The Morgan fingerprint density at radius 3 is 2.52 bits per heavy atom. The van der Waals surface area contributed by atoms with Crippen molar-refractivity contribution in [2.75, 3.05) is 0 Å². The van der Waals surface area contributed by atoms with Crippen LogP contribution in [0.2, 0.25) is 0 Å². The van der Waals surface area contributed by atoms with Gasteiger partial charge in [0, 0.05) is 0 Å². The first-order chi connectivity index (χ1) is 10.0. The number of imidazole rings is 1. The highest BCUT2D eigenvalue weighted by molar-refractivity contribution is 5.75. The zero-order valence-electron chi connectivity index (χ0n) is 12.9. The first-order valence-corrected chi connectivity index (χ1v) is 7.23. The van der Waals surface area contributed by atoms with Crippen LogP contribution in [-0.4, -0.2) is 9.97 Å². The first kappa shape index (κ1) is 13.7. The Hall–Kier alpha value is -2.29. The summed E-state index contributed by atoms with van der Waals surface area (Å²) >= 11 is 0. The summed E-state index contributed by atoms with van der Waals surface area (Å²) in [5.74, 6) is 1.77. The monoisotopic (exact) mass is 280 g/mol. The highest BCUT2D eigenvalue weighted by Gasteiger charge is 2.13. The molecule has 0 unspecified atom stereocenters. The molecule has 0 aliphatic carbocycles. The van der Waals surface area contributed by atoms with Crippen LogP contribution in [-0.2, 0) is 0 Å². The van der Waals surface area contributed by atoms with Crippen molar-refractivity contribution in [3.05, 3.63) is 58.9 Å². The standard InChI is InChI=1S/C18H20N2O/c1-11-6-8-15-16(9-11)20-18(19-15)14(4)21-17-10-12(2)5-7-13(17)3/h5-10,14H,1-4H3,(H,19,20)/t14-/m1/s1. The maximum Gasteiger partial charge on any atom is 0.153 e. The summed E-state index contributed by atoms with van der Waals surface area (Å²) in [6.07, 6.45) is -0.113. The Kier molecular flexibility index (Phi) is 3.42. The van der Waals surface area contributed by atoms with Crippen LogP contribution in [0, 0.1) is 20.8 Å². The van der Waals surface area contributed by atoms with Gasteiger partial charge in [0.05, 0.1) is 11.0 Å². The van der Waals surface area contributed by atoms with Gasteiger partial charge in [-0.3, -0.25) is 0 Å². The van der Waals surface area contributed by atoms with Gasteiger partial charge in [0.25, 0.3) is 0 Å². The average Bonchev–Trinajstić information content (AvgIpc) is 2.86. The molecular weight excluding hydrogens is 260 g/mol. The van der Waals surface area contributed by atoms with Gasteiger partial charge in [0.15, 0.2) is 6.10 Å². The minimum atomic E-state index is -0.113. The topological polar surface area (TPSA) is 37.9 Å². The highest BCUT2D eigenvalue weighted by atomic mass is 16.5. The molecule has 1 N–H and O–H groups in total. The minimum absolute atomic E-state index is 0.113. The second kappa shape index (κ2) is 5.24. The van der Waals surface area contributed by atoms with Gasteiger partial charge in [-0.25, -0.2) is 4.98 Å². The maximum atomic E-state index is 6.08. The number of aromatic amines is 1. The summed E-state index contributed by atoms with van der Waals surface area (Å²) in [6.45, 7) is 8.23. The molecule has 0 amide bonds. The van der Waals surface area contributed by atoms with Crippen molar-refractivity contribution in [3.8, 4) is 5.75 Å². The van der Waals surface area contributed by atoms with Crippen LogP contribution >= 0.6 is 0 Å². The summed E-state index contributed by atoms with van der Waals surface area (Å²) in [6, 6.07) is 12.5. The lowest BCUT2D eigenvalue weighted by Gasteiger charge is -2.15. The van der Waals surface area contributed by atoms with Crippen molar-refractivity contribution in [1.29, 1.82) is 0 Å². The molecule has 3 heteroatoms. The Morgan fingerprint density at radius 2 is 1.71 bits per heavy atom. The molecule has 0 saturated carbocycles. The van der Waals surface area contributed by atoms with E-state index >= 15 is 0 Å². The van der Waals surface area contributed by atoms with Crippen LogP contribution in [0.3, 0.4) is 0 Å². The Labute approximate surface area is 125 Å². The van der Waals surface area contributed by atoms with E-state index in [0.717, 1.165) is 28.2 Å². The first-order valence-electron chi connectivity index (χ1n) is 7.23. The summed E-state index contributed by atoms with van der Waals surface area (Å²) < 4.78 is 6.08. The summed E-state index contributed by atoms with van der Waals surface area (Å²) in [5.41, 5.74) is 5.59. The number of hydrogen-bond donors (Lipinski definition) is 1. The smallest absolute Gasteiger partial charge is 0.153 e. The van der Waals surface area contributed by atoms with Crippen LogP contribution in [0.4, 0.5) is 0 Å². The van der Waals surface area contributed by atoms with E-state index in [1.165, 1.54) is 11.1 Å². The molecule has 0 radical (unpaired) electrons. The zero-order valence-corrected chi connectivity index (χ0v) is 12.9. The van der Waals surface area contributed by atoms with Crippen molar-refractivity contribution in [3.63, 3.8) is 0 Å². The number of fused-ring (bicyclic) bond motifs is 1. The molecule has 0 bridgehead atoms. The third kappa shape index (κ3) is 2.77. The number of ether oxygens (including phenoxy) is 1. The van der Waals surface area contributed by atoms with Gasteiger partial charge < -0.3 is 9.72 Å². The van der Waals surface area contributed by atoms with Crippen molar-refractivity contribution in [2.45, 2.75) is 33.8 Å². The number of hydrogen-bond acceptors (Lipinski definition) is 2. The lowest BCUT2D eigenvalue weighted by Crippen LogP contribution is -2.06. The van der Waals surface area contributed by atoms with Crippen molar-refractivity contribution in [2.24, 2.45) is 0 Å². The van der Waals surface area contributed by atoms with Gasteiger partial charge in [-0.1, -0.05) is 18.2 Å². The van der Waals surface area contributed by atoms with Gasteiger partial charge in [-0.2, -0.15) is 0 Å². The molecule has 0 aliphatic heterocycles. The van der Waals surface area contributed by atoms with E-state index in [1.807, 2.05) is 13.0 Å². The fourth-order valence-electron chi connectivity index (χ4n) is 2.42. The predicted molar refractivity (Wildman–Crippen MR) is 85.8 cm³/mol. The lowest BCUT2D eigenvalue weighted by atomic mass is 10.1. The van der Waals surface area contributed by atoms with Gasteiger partial charge in [-0.05, 0) is 62.6 Å². The highest BCUT2D eigenvalue weighted by Crippen LogP contribution is 2.26.